The maximum Gasteiger partial charge on any atom is 0.337 e. The Morgan fingerprint density at radius 1 is 1.35 bits per heavy atom. The Labute approximate surface area is 154 Å². The molecule has 1 unspecified atom stereocenters. The lowest BCUT2D eigenvalue weighted by atomic mass is 9.87. The molecule has 1 amide bonds. The second-order valence-electron chi connectivity index (χ2n) is 6.10. The number of ether oxygens (including phenoxy) is 1. The summed E-state index contributed by atoms with van der Waals surface area (Å²) in [6.07, 6.45) is 2.18. The summed E-state index contributed by atoms with van der Waals surface area (Å²) in [5, 5.41) is 9.45. The Balaban J connectivity index is 1.66. The number of aromatic nitrogens is 2. The number of esters is 1. The second kappa shape index (κ2) is 6.76. The summed E-state index contributed by atoms with van der Waals surface area (Å²) in [4.78, 5) is 25.0. The molecule has 3 heterocycles. The van der Waals surface area contributed by atoms with E-state index in [0.29, 0.717) is 18.5 Å². The van der Waals surface area contributed by atoms with Gasteiger partial charge in [0.1, 0.15) is 5.82 Å². The summed E-state index contributed by atoms with van der Waals surface area (Å²) in [5.41, 5.74) is 2.46. The van der Waals surface area contributed by atoms with Crippen LogP contribution in [0.3, 0.4) is 0 Å². The maximum absolute atomic E-state index is 12.3. The van der Waals surface area contributed by atoms with Crippen molar-refractivity contribution in [2.75, 3.05) is 12.4 Å². The van der Waals surface area contributed by atoms with Crippen molar-refractivity contribution >= 4 is 29.0 Å². The Morgan fingerprint density at radius 2 is 2.15 bits per heavy atom. The number of amides is 1. The molecule has 2 aromatic heterocycles. The standard InChI is InChI=1S/C19H17N3O3S/c1-25-19(24)13-6-4-12(5-7-13)15-9-17(23)21-18-16(15)10-20-22(18)11-14-3-2-8-26-14/h2-8,10,15H,9,11H2,1H3,(H,21,23). The zero-order chi connectivity index (χ0) is 18.1. The number of nitrogens with one attached hydrogen (secondary N) is 1. The van der Waals surface area contributed by atoms with E-state index >= 15 is 0 Å². The van der Waals surface area contributed by atoms with Gasteiger partial charge in [-0.15, -0.1) is 11.3 Å². The zero-order valence-electron chi connectivity index (χ0n) is 14.1. The van der Waals surface area contributed by atoms with Crippen molar-refractivity contribution < 1.29 is 14.3 Å². The average molecular weight is 367 g/mol. The first kappa shape index (κ1) is 16.5. The fraction of sp³-hybridized carbons (Fsp3) is 0.211. The minimum absolute atomic E-state index is 0.0347. The van der Waals surface area contributed by atoms with Crippen LogP contribution in [0.4, 0.5) is 5.82 Å². The van der Waals surface area contributed by atoms with Gasteiger partial charge in [-0.2, -0.15) is 5.10 Å². The van der Waals surface area contributed by atoms with E-state index in [4.69, 9.17) is 4.74 Å². The van der Waals surface area contributed by atoms with Crippen LogP contribution in [0.2, 0.25) is 0 Å². The van der Waals surface area contributed by atoms with Crippen LogP contribution in [0, 0.1) is 0 Å². The van der Waals surface area contributed by atoms with Crippen molar-refractivity contribution in [3.63, 3.8) is 0 Å². The summed E-state index contributed by atoms with van der Waals surface area (Å²) < 4.78 is 6.56. The number of nitrogens with zero attached hydrogens (tertiary/aromatic N) is 2. The molecule has 132 valence electrons. The molecule has 0 fully saturated rings. The molecule has 6 nitrogen and oxygen atoms in total. The van der Waals surface area contributed by atoms with Gasteiger partial charge in [-0.1, -0.05) is 18.2 Å². The number of fused-ring (bicyclic) bond motifs is 1. The number of carbonyl (C=O) groups is 2. The Hall–Kier alpha value is -2.93. The average Bonchev–Trinajstić information content (AvgIpc) is 3.31. The highest BCUT2D eigenvalue weighted by Crippen LogP contribution is 2.37. The first-order valence-corrected chi connectivity index (χ1v) is 9.10. The van der Waals surface area contributed by atoms with Gasteiger partial charge in [0, 0.05) is 22.8 Å². The molecule has 4 rings (SSSR count). The largest absolute Gasteiger partial charge is 0.465 e. The molecule has 0 saturated carbocycles. The Kier molecular flexibility index (Phi) is 4.30. The predicted octanol–water partition coefficient (Wildman–Crippen LogP) is 3.25. The van der Waals surface area contributed by atoms with Crippen LogP contribution in [0.15, 0.2) is 48.0 Å². The SMILES string of the molecule is COC(=O)c1ccc(C2CC(=O)Nc3c2cnn3Cc2cccs2)cc1. The van der Waals surface area contributed by atoms with Crippen molar-refractivity contribution in [3.8, 4) is 0 Å². The number of benzene rings is 1. The topological polar surface area (TPSA) is 73.2 Å². The van der Waals surface area contributed by atoms with Gasteiger partial charge >= 0.3 is 5.97 Å². The molecule has 3 aromatic rings. The lowest BCUT2D eigenvalue weighted by molar-refractivity contribution is -0.116. The lowest BCUT2D eigenvalue weighted by Gasteiger charge is -2.23. The van der Waals surface area contributed by atoms with Gasteiger partial charge in [0.25, 0.3) is 0 Å². The monoisotopic (exact) mass is 367 g/mol. The van der Waals surface area contributed by atoms with Gasteiger partial charge in [0.15, 0.2) is 0 Å². The highest BCUT2D eigenvalue weighted by atomic mass is 32.1. The van der Waals surface area contributed by atoms with Crippen molar-refractivity contribution in [3.05, 3.63) is 69.5 Å². The number of methoxy groups -OCH3 is 1. The highest BCUT2D eigenvalue weighted by Gasteiger charge is 2.30. The van der Waals surface area contributed by atoms with Crippen LogP contribution >= 0.6 is 11.3 Å². The van der Waals surface area contributed by atoms with E-state index in [2.05, 4.69) is 10.4 Å². The minimum atomic E-state index is -0.373. The molecule has 1 aliphatic heterocycles. The van der Waals surface area contributed by atoms with E-state index < -0.39 is 0 Å². The van der Waals surface area contributed by atoms with Crippen LogP contribution in [-0.4, -0.2) is 28.8 Å². The number of rotatable bonds is 4. The molecule has 26 heavy (non-hydrogen) atoms. The smallest absolute Gasteiger partial charge is 0.337 e. The van der Waals surface area contributed by atoms with E-state index in [0.717, 1.165) is 16.9 Å². The summed E-state index contributed by atoms with van der Waals surface area (Å²) in [5.74, 6) is 0.258. The van der Waals surface area contributed by atoms with Crippen LogP contribution in [-0.2, 0) is 16.1 Å². The normalized spacial score (nSPS) is 16.0. The minimum Gasteiger partial charge on any atom is -0.465 e. The summed E-state index contributed by atoms with van der Waals surface area (Å²) >= 11 is 1.66. The molecular formula is C19H17N3O3S. The molecule has 0 saturated heterocycles. The van der Waals surface area contributed by atoms with Crippen LogP contribution in [0.5, 0.6) is 0 Å². The van der Waals surface area contributed by atoms with Gasteiger partial charge in [-0.25, -0.2) is 9.48 Å². The summed E-state index contributed by atoms with van der Waals surface area (Å²) in [7, 11) is 1.36. The van der Waals surface area contributed by atoms with Crippen LogP contribution in [0.1, 0.15) is 38.7 Å². The van der Waals surface area contributed by atoms with E-state index in [9.17, 15) is 9.59 Å². The molecular weight excluding hydrogens is 350 g/mol. The van der Waals surface area contributed by atoms with Crippen molar-refractivity contribution in [2.24, 2.45) is 0 Å². The maximum atomic E-state index is 12.3. The first-order valence-electron chi connectivity index (χ1n) is 8.22. The van der Waals surface area contributed by atoms with E-state index in [1.807, 2.05) is 40.5 Å². The van der Waals surface area contributed by atoms with Crippen LogP contribution < -0.4 is 5.32 Å². The fourth-order valence-electron chi connectivity index (χ4n) is 3.21. The molecule has 1 aromatic carbocycles. The lowest BCUT2D eigenvalue weighted by Crippen LogP contribution is -2.25. The van der Waals surface area contributed by atoms with Gasteiger partial charge < -0.3 is 10.1 Å². The summed E-state index contributed by atoms with van der Waals surface area (Å²) in [6, 6.07) is 11.2. The van der Waals surface area contributed by atoms with Gasteiger partial charge in [-0.3, -0.25) is 4.79 Å². The molecule has 0 aliphatic carbocycles. The van der Waals surface area contributed by atoms with Gasteiger partial charge in [-0.05, 0) is 29.1 Å². The summed E-state index contributed by atoms with van der Waals surface area (Å²) in [6.45, 7) is 0.626. The molecule has 0 spiro atoms. The third-order valence-corrected chi connectivity index (χ3v) is 5.37. The third-order valence-electron chi connectivity index (χ3n) is 4.51. The Morgan fingerprint density at radius 3 is 2.85 bits per heavy atom. The number of thiophene rings is 1. The van der Waals surface area contributed by atoms with E-state index in [-0.39, 0.29) is 17.8 Å². The molecule has 1 aliphatic rings. The molecule has 1 atom stereocenters. The molecule has 0 bridgehead atoms. The predicted molar refractivity (Wildman–Crippen MR) is 98.5 cm³/mol. The van der Waals surface area contributed by atoms with Crippen molar-refractivity contribution in [2.45, 2.75) is 18.9 Å². The van der Waals surface area contributed by atoms with Crippen molar-refractivity contribution in [1.29, 1.82) is 0 Å². The Bertz CT molecular complexity index is 945. The van der Waals surface area contributed by atoms with Crippen LogP contribution in [0.25, 0.3) is 0 Å². The van der Waals surface area contributed by atoms with Gasteiger partial charge in [0.2, 0.25) is 5.91 Å². The van der Waals surface area contributed by atoms with E-state index in [1.165, 1.54) is 12.0 Å². The third kappa shape index (κ3) is 3.01. The molecule has 1 N–H and O–H groups in total. The van der Waals surface area contributed by atoms with Gasteiger partial charge in [0.05, 0.1) is 25.4 Å². The fourth-order valence-corrected chi connectivity index (χ4v) is 3.89. The second-order valence-corrected chi connectivity index (χ2v) is 7.14. The quantitative estimate of drug-likeness (QED) is 0.719. The number of anilines is 1. The van der Waals surface area contributed by atoms with E-state index in [1.54, 1.807) is 23.5 Å². The first-order chi connectivity index (χ1) is 12.7. The molecule has 0 radical (unpaired) electrons. The number of hydrogen-bond donors (Lipinski definition) is 1. The molecule has 7 heteroatoms. The number of hydrogen-bond acceptors (Lipinski definition) is 5. The number of carbonyl (C=O) groups excluding carboxylic acids is 2. The van der Waals surface area contributed by atoms with Crippen molar-refractivity contribution in [1.82, 2.24) is 9.78 Å². The zero-order valence-corrected chi connectivity index (χ0v) is 15.0. The highest BCUT2D eigenvalue weighted by molar-refractivity contribution is 7.09.